The van der Waals surface area contributed by atoms with Crippen LogP contribution in [0.1, 0.15) is 38.1 Å². The largest absolute Gasteiger partial charge is 0.406 e. The summed E-state index contributed by atoms with van der Waals surface area (Å²) in [5.41, 5.74) is 1.70. The fourth-order valence-corrected chi connectivity index (χ4v) is 4.78. The van der Waals surface area contributed by atoms with Crippen molar-refractivity contribution in [2.75, 3.05) is 36.8 Å². The quantitative estimate of drug-likeness (QED) is 0.255. The Morgan fingerprint density at radius 1 is 1.00 bits per heavy atom. The summed E-state index contributed by atoms with van der Waals surface area (Å²) < 4.78 is 79.8. The summed E-state index contributed by atoms with van der Waals surface area (Å²) >= 11 is 0. The lowest BCUT2D eigenvalue weighted by atomic mass is 9.91. The van der Waals surface area contributed by atoms with E-state index in [2.05, 4.69) is 33.5 Å². The standard InChI is InChI=1S/C29H30F6N6/c1-27(2,17-36)26-9-8-21(16-38-26)37-12-4-5-22-15-23-24(6-3-7-25(23)41(22)19-29(33,34)35)39-20-10-13-40(14-11-20)18-28(30,31)32/h3,6-9,15-16,20,37,39H,10-14,18-19H2,1-2H3. The van der Waals surface area contributed by atoms with Crippen LogP contribution in [0, 0.1) is 23.2 Å². The number of nitrogens with zero attached hydrogens (tertiary/aromatic N) is 4. The van der Waals surface area contributed by atoms with Gasteiger partial charge in [-0.3, -0.25) is 9.88 Å². The molecule has 0 radical (unpaired) electrons. The lowest BCUT2D eigenvalue weighted by molar-refractivity contribution is -0.147. The van der Waals surface area contributed by atoms with E-state index in [1.807, 2.05) is 0 Å². The molecular weight excluding hydrogens is 546 g/mol. The van der Waals surface area contributed by atoms with Crippen molar-refractivity contribution in [1.29, 1.82) is 5.26 Å². The highest BCUT2D eigenvalue weighted by molar-refractivity contribution is 5.94. The fourth-order valence-electron chi connectivity index (χ4n) is 4.78. The maximum absolute atomic E-state index is 13.5. The Bertz CT molecular complexity index is 1450. The molecule has 1 aliphatic heterocycles. The van der Waals surface area contributed by atoms with Crippen LogP contribution in [0.3, 0.4) is 0 Å². The van der Waals surface area contributed by atoms with Gasteiger partial charge in [-0.05, 0) is 62.9 Å². The van der Waals surface area contributed by atoms with E-state index in [0.717, 1.165) is 4.57 Å². The minimum atomic E-state index is -4.47. The topological polar surface area (TPSA) is 68.9 Å². The lowest BCUT2D eigenvalue weighted by Gasteiger charge is -2.33. The van der Waals surface area contributed by atoms with Crippen molar-refractivity contribution in [3.8, 4) is 17.9 Å². The van der Waals surface area contributed by atoms with Crippen molar-refractivity contribution >= 4 is 22.3 Å². The zero-order valence-electron chi connectivity index (χ0n) is 22.6. The number of likely N-dealkylation sites (tertiary alicyclic amines) is 1. The van der Waals surface area contributed by atoms with E-state index in [0.29, 0.717) is 40.8 Å². The number of piperidine rings is 1. The van der Waals surface area contributed by atoms with Crippen LogP contribution in [-0.4, -0.2) is 59.0 Å². The maximum atomic E-state index is 13.5. The van der Waals surface area contributed by atoms with Crippen LogP contribution in [0.4, 0.5) is 37.7 Å². The third kappa shape index (κ3) is 8.08. The van der Waals surface area contributed by atoms with Crippen molar-refractivity contribution < 1.29 is 26.3 Å². The molecule has 0 spiro atoms. The van der Waals surface area contributed by atoms with Gasteiger partial charge >= 0.3 is 12.4 Å². The third-order valence-corrected chi connectivity index (χ3v) is 6.91. The smallest absolute Gasteiger partial charge is 0.382 e. The van der Waals surface area contributed by atoms with E-state index in [1.165, 1.54) is 4.90 Å². The molecule has 3 heterocycles. The molecule has 0 amide bonds. The number of fused-ring (bicyclic) bond motifs is 1. The number of aromatic nitrogens is 2. The molecule has 3 aromatic rings. The molecule has 0 saturated carbocycles. The number of halogens is 6. The average Bonchev–Trinajstić information content (AvgIpc) is 3.24. The van der Waals surface area contributed by atoms with E-state index < -0.39 is 30.9 Å². The Hall–Kier alpha value is -3.90. The van der Waals surface area contributed by atoms with Gasteiger partial charge in [0, 0.05) is 30.2 Å². The Kier molecular flexibility index (Phi) is 8.74. The minimum Gasteiger partial charge on any atom is -0.382 e. The Morgan fingerprint density at radius 2 is 1.71 bits per heavy atom. The van der Waals surface area contributed by atoms with Gasteiger partial charge in [-0.1, -0.05) is 12.0 Å². The molecule has 6 nitrogen and oxygen atoms in total. The molecule has 0 atom stereocenters. The van der Waals surface area contributed by atoms with Gasteiger partial charge in [0.05, 0.1) is 53.4 Å². The zero-order valence-corrected chi connectivity index (χ0v) is 22.6. The molecule has 0 unspecified atom stereocenters. The van der Waals surface area contributed by atoms with Crippen LogP contribution in [0.15, 0.2) is 42.6 Å². The van der Waals surface area contributed by atoms with E-state index in [1.54, 1.807) is 56.4 Å². The van der Waals surface area contributed by atoms with Crippen molar-refractivity contribution in [1.82, 2.24) is 14.5 Å². The summed E-state index contributed by atoms with van der Waals surface area (Å²) in [5, 5.41) is 16.2. The van der Waals surface area contributed by atoms with Crippen molar-refractivity contribution in [2.45, 2.75) is 57.0 Å². The van der Waals surface area contributed by atoms with Gasteiger partial charge in [0.25, 0.3) is 0 Å². The summed E-state index contributed by atoms with van der Waals surface area (Å²) in [7, 11) is 0. The Morgan fingerprint density at radius 3 is 2.32 bits per heavy atom. The number of hydrogen-bond donors (Lipinski definition) is 2. The summed E-state index contributed by atoms with van der Waals surface area (Å²) in [4.78, 5) is 5.66. The number of hydrogen-bond acceptors (Lipinski definition) is 5. The zero-order chi connectivity index (χ0) is 29.8. The van der Waals surface area contributed by atoms with Crippen LogP contribution in [-0.2, 0) is 12.0 Å². The van der Waals surface area contributed by atoms with Crippen molar-refractivity contribution in [3.63, 3.8) is 0 Å². The van der Waals surface area contributed by atoms with Gasteiger partial charge in [-0.25, -0.2) is 0 Å². The van der Waals surface area contributed by atoms with E-state index in [4.69, 9.17) is 0 Å². The first-order valence-corrected chi connectivity index (χ1v) is 13.1. The van der Waals surface area contributed by atoms with Crippen molar-refractivity contribution in [2.24, 2.45) is 0 Å². The second-order valence-electron chi connectivity index (χ2n) is 10.6. The second-order valence-corrected chi connectivity index (χ2v) is 10.6. The van der Waals surface area contributed by atoms with Gasteiger partial charge in [-0.2, -0.15) is 31.6 Å². The minimum absolute atomic E-state index is 0.103. The van der Waals surface area contributed by atoms with Crippen molar-refractivity contribution in [3.05, 3.63) is 54.0 Å². The van der Waals surface area contributed by atoms with Crippen LogP contribution in [0.25, 0.3) is 10.9 Å². The van der Waals surface area contributed by atoms with Gasteiger partial charge in [-0.15, -0.1) is 0 Å². The monoisotopic (exact) mass is 576 g/mol. The summed E-state index contributed by atoms with van der Waals surface area (Å²) in [6, 6.07) is 12.2. The highest BCUT2D eigenvalue weighted by Gasteiger charge is 2.33. The number of anilines is 2. The molecule has 1 aliphatic rings. The molecule has 1 saturated heterocycles. The highest BCUT2D eigenvalue weighted by Crippen LogP contribution is 2.31. The van der Waals surface area contributed by atoms with Crippen LogP contribution in [0.2, 0.25) is 0 Å². The predicted molar refractivity (Wildman–Crippen MR) is 145 cm³/mol. The Labute approximate surface area is 234 Å². The second kappa shape index (κ2) is 11.9. The van der Waals surface area contributed by atoms with E-state index >= 15 is 0 Å². The average molecular weight is 577 g/mol. The molecule has 0 aliphatic carbocycles. The number of benzene rings is 1. The maximum Gasteiger partial charge on any atom is 0.406 e. The van der Waals surface area contributed by atoms with E-state index in [9.17, 15) is 31.6 Å². The molecule has 12 heteroatoms. The lowest BCUT2D eigenvalue weighted by Crippen LogP contribution is -2.43. The highest BCUT2D eigenvalue weighted by atomic mass is 19.4. The number of nitrogens with one attached hydrogen (secondary N) is 2. The molecule has 218 valence electrons. The van der Waals surface area contributed by atoms with Gasteiger partial charge in [0.15, 0.2) is 0 Å². The van der Waals surface area contributed by atoms with Crippen LogP contribution in [0.5, 0.6) is 0 Å². The normalized spacial score (nSPS) is 15.3. The predicted octanol–water partition coefficient (Wildman–Crippen LogP) is 6.30. The summed E-state index contributed by atoms with van der Waals surface area (Å²) in [5.74, 6) is 5.72. The molecule has 4 rings (SSSR count). The fraction of sp³-hybridized carbons (Fsp3) is 0.448. The first-order chi connectivity index (χ1) is 19.2. The van der Waals surface area contributed by atoms with E-state index in [-0.39, 0.29) is 31.4 Å². The first kappa shape index (κ1) is 30.1. The van der Waals surface area contributed by atoms with Gasteiger partial charge in [0.1, 0.15) is 6.54 Å². The summed E-state index contributed by atoms with van der Waals surface area (Å²) in [6.45, 7) is 2.06. The third-order valence-electron chi connectivity index (χ3n) is 6.91. The molecule has 1 aromatic carbocycles. The number of rotatable bonds is 7. The molecule has 0 bridgehead atoms. The number of nitriles is 1. The van der Waals surface area contributed by atoms with Gasteiger partial charge in [0.2, 0.25) is 0 Å². The van der Waals surface area contributed by atoms with Crippen LogP contribution < -0.4 is 10.6 Å². The molecule has 2 aromatic heterocycles. The molecule has 2 N–H and O–H groups in total. The first-order valence-electron chi connectivity index (χ1n) is 13.1. The summed E-state index contributed by atoms with van der Waals surface area (Å²) in [6.07, 6.45) is -6.19. The SMILES string of the molecule is CC(C)(C#N)c1ccc(NCC#Cc2cc3c(NC4CCN(CC(F)(F)F)CC4)cccc3n2CC(F)(F)F)cn1. The molecular formula is C29H30F6N6. The van der Waals surface area contributed by atoms with Gasteiger partial charge < -0.3 is 15.2 Å². The Balaban J connectivity index is 1.50. The van der Waals surface area contributed by atoms with Crippen LogP contribution >= 0.6 is 0 Å². The number of alkyl halides is 6. The molecule has 1 fully saturated rings. The molecule has 41 heavy (non-hydrogen) atoms. The number of pyridine rings is 1.